The molecular formula is C30H53NO6S. The van der Waals surface area contributed by atoms with Crippen molar-refractivity contribution in [3.63, 3.8) is 0 Å². The van der Waals surface area contributed by atoms with E-state index in [1.807, 2.05) is 0 Å². The Morgan fingerprint density at radius 1 is 0.974 bits per heavy atom. The molecule has 4 saturated carbocycles. The Labute approximate surface area is 230 Å². The minimum atomic E-state index is -3.70. The van der Waals surface area contributed by atoms with Gasteiger partial charge in [0.1, 0.15) is 0 Å². The number of fused-ring (bicyclic) bond motifs is 5. The fourth-order valence-electron chi connectivity index (χ4n) is 9.99. The summed E-state index contributed by atoms with van der Waals surface area (Å²) in [6.07, 6.45) is 9.58. The number of sulfonamides is 1. The molecule has 4 fully saturated rings. The Morgan fingerprint density at radius 3 is 2.29 bits per heavy atom. The third-order valence-corrected chi connectivity index (χ3v) is 14.1. The molecule has 0 spiro atoms. The molecular weight excluding hydrogens is 502 g/mol. The van der Waals surface area contributed by atoms with Crippen molar-refractivity contribution >= 4 is 16.1 Å². The lowest BCUT2D eigenvalue weighted by Gasteiger charge is -2.64. The van der Waals surface area contributed by atoms with Gasteiger partial charge in [0.15, 0.2) is 0 Å². The molecule has 10 atom stereocenters. The molecule has 0 radical (unpaired) electrons. The van der Waals surface area contributed by atoms with Crippen LogP contribution in [-0.4, -0.2) is 48.8 Å². The molecule has 4 aliphatic rings. The lowest BCUT2D eigenvalue weighted by Crippen LogP contribution is -2.62. The van der Waals surface area contributed by atoms with E-state index in [-0.39, 0.29) is 35.6 Å². The number of hydrogen-bond donors (Lipinski definition) is 3. The van der Waals surface area contributed by atoms with E-state index in [2.05, 4.69) is 25.5 Å². The summed E-state index contributed by atoms with van der Waals surface area (Å²) < 4.78 is 32.0. The van der Waals surface area contributed by atoms with E-state index in [1.165, 1.54) is 6.42 Å². The molecule has 0 aromatic carbocycles. The summed E-state index contributed by atoms with van der Waals surface area (Å²) in [5.41, 5.74) is 0.387. The van der Waals surface area contributed by atoms with Crippen LogP contribution in [0.25, 0.3) is 0 Å². The molecule has 0 bridgehead atoms. The normalized spacial score (nSPS) is 42.7. The van der Waals surface area contributed by atoms with Gasteiger partial charge in [0.05, 0.1) is 24.1 Å². The first-order valence-corrected chi connectivity index (χ1v) is 17.0. The van der Waals surface area contributed by atoms with Gasteiger partial charge < -0.3 is 14.9 Å². The van der Waals surface area contributed by atoms with Crippen LogP contribution in [0, 0.1) is 46.3 Å². The van der Waals surface area contributed by atoms with Crippen molar-refractivity contribution in [3.05, 3.63) is 0 Å². The molecule has 0 saturated heterocycles. The molecule has 1 amide bonds. The standard InChI is InChI=1S/C30H53NO6S/c1-6-21(7-2)38(35,36)31-28(34)37-17-9-10-19-11-12-23-26-24(14-16-29(19,23)4)30(5)15-13-20(32)18-25(30)22(8-3)27(26)33/h19-27,32-33H,6-18H2,1-5H3,(H,31,34)/t19-,20+,22+,23-,24-,25-,26-,27+,29+,30+/m0/s1. The molecule has 220 valence electrons. The van der Waals surface area contributed by atoms with E-state index in [1.54, 1.807) is 13.8 Å². The van der Waals surface area contributed by atoms with E-state index in [9.17, 15) is 23.4 Å². The molecule has 4 aliphatic carbocycles. The van der Waals surface area contributed by atoms with E-state index in [0.29, 0.717) is 42.4 Å². The van der Waals surface area contributed by atoms with Gasteiger partial charge in [-0.25, -0.2) is 17.9 Å². The van der Waals surface area contributed by atoms with Crippen molar-refractivity contribution < 1.29 is 28.2 Å². The van der Waals surface area contributed by atoms with Gasteiger partial charge in [-0.1, -0.05) is 41.0 Å². The van der Waals surface area contributed by atoms with Crippen LogP contribution < -0.4 is 4.72 Å². The molecule has 4 rings (SSSR count). The van der Waals surface area contributed by atoms with Crippen LogP contribution in [0.2, 0.25) is 0 Å². The first-order chi connectivity index (χ1) is 17.9. The zero-order valence-corrected chi connectivity index (χ0v) is 25.1. The summed E-state index contributed by atoms with van der Waals surface area (Å²) in [4.78, 5) is 12.1. The van der Waals surface area contributed by atoms with Crippen LogP contribution >= 0.6 is 0 Å². The predicted octanol–water partition coefficient (Wildman–Crippen LogP) is 5.64. The zero-order valence-electron chi connectivity index (χ0n) is 24.3. The number of hydrogen-bond acceptors (Lipinski definition) is 6. The third-order valence-electron chi connectivity index (χ3n) is 12.1. The molecule has 0 heterocycles. The average Bonchev–Trinajstić information content (AvgIpc) is 3.19. The first-order valence-electron chi connectivity index (χ1n) is 15.5. The lowest BCUT2D eigenvalue weighted by molar-refractivity contribution is -0.202. The Kier molecular flexibility index (Phi) is 9.16. The van der Waals surface area contributed by atoms with Crippen molar-refractivity contribution in [3.8, 4) is 0 Å². The first kappa shape index (κ1) is 30.1. The van der Waals surface area contributed by atoms with E-state index < -0.39 is 21.4 Å². The van der Waals surface area contributed by atoms with Gasteiger partial charge in [-0.15, -0.1) is 0 Å². The van der Waals surface area contributed by atoms with Crippen LogP contribution in [0.3, 0.4) is 0 Å². The number of rotatable bonds is 9. The van der Waals surface area contributed by atoms with Gasteiger partial charge in [-0.2, -0.15) is 0 Å². The molecule has 0 aromatic rings. The van der Waals surface area contributed by atoms with Crippen LogP contribution in [-0.2, 0) is 14.8 Å². The highest BCUT2D eigenvalue weighted by molar-refractivity contribution is 7.90. The highest BCUT2D eigenvalue weighted by Gasteiger charge is 2.64. The van der Waals surface area contributed by atoms with Crippen LogP contribution in [0.1, 0.15) is 112 Å². The molecule has 8 heteroatoms. The largest absolute Gasteiger partial charge is 0.449 e. The minimum Gasteiger partial charge on any atom is -0.449 e. The Morgan fingerprint density at radius 2 is 1.63 bits per heavy atom. The molecule has 7 nitrogen and oxygen atoms in total. The fourth-order valence-corrected chi connectivity index (χ4v) is 11.3. The van der Waals surface area contributed by atoms with E-state index in [4.69, 9.17) is 4.74 Å². The van der Waals surface area contributed by atoms with Crippen LogP contribution in [0.4, 0.5) is 4.79 Å². The quantitative estimate of drug-likeness (QED) is 0.318. The maximum absolute atomic E-state index is 12.3. The third kappa shape index (κ3) is 5.27. The minimum absolute atomic E-state index is 0.179. The number of nitrogens with one attached hydrogen (secondary N) is 1. The maximum atomic E-state index is 12.3. The summed E-state index contributed by atoms with van der Waals surface area (Å²) in [7, 11) is -3.70. The molecule has 0 unspecified atom stereocenters. The fraction of sp³-hybridized carbons (Fsp3) is 0.967. The second kappa shape index (κ2) is 11.6. The van der Waals surface area contributed by atoms with Crippen molar-refractivity contribution in [2.45, 2.75) is 129 Å². The van der Waals surface area contributed by atoms with E-state index in [0.717, 1.165) is 57.8 Å². The molecule has 0 aromatic heterocycles. The Hall–Kier alpha value is -0.860. The number of aliphatic hydroxyl groups excluding tert-OH is 2. The highest BCUT2D eigenvalue weighted by Crippen LogP contribution is 2.69. The Bertz CT molecular complexity index is 937. The van der Waals surface area contributed by atoms with Crippen LogP contribution in [0.15, 0.2) is 0 Å². The second-order valence-corrected chi connectivity index (χ2v) is 15.5. The lowest BCUT2D eigenvalue weighted by atomic mass is 9.41. The molecule has 0 aliphatic heterocycles. The summed E-state index contributed by atoms with van der Waals surface area (Å²) in [6, 6.07) is 0. The number of amides is 1. The number of ether oxygens (including phenoxy) is 1. The van der Waals surface area contributed by atoms with Crippen molar-refractivity contribution in [2.75, 3.05) is 6.61 Å². The molecule has 38 heavy (non-hydrogen) atoms. The Balaban J connectivity index is 1.37. The van der Waals surface area contributed by atoms with Gasteiger partial charge in [0, 0.05) is 0 Å². The van der Waals surface area contributed by atoms with Crippen molar-refractivity contribution in [1.82, 2.24) is 4.72 Å². The number of carbonyl (C=O) groups is 1. The smallest absolute Gasteiger partial charge is 0.420 e. The van der Waals surface area contributed by atoms with Crippen molar-refractivity contribution in [1.29, 1.82) is 0 Å². The topological polar surface area (TPSA) is 113 Å². The van der Waals surface area contributed by atoms with Crippen molar-refractivity contribution in [2.24, 2.45) is 46.3 Å². The van der Waals surface area contributed by atoms with Gasteiger partial charge in [0.2, 0.25) is 10.0 Å². The monoisotopic (exact) mass is 555 g/mol. The second-order valence-electron chi connectivity index (χ2n) is 13.6. The van der Waals surface area contributed by atoms with E-state index >= 15 is 0 Å². The summed E-state index contributed by atoms with van der Waals surface area (Å²) in [5, 5.41) is 21.7. The molecule has 3 N–H and O–H groups in total. The summed E-state index contributed by atoms with van der Waals surface area (Å²) in [5.74, 6) is 2.57. The van der Waals surface area contributed by atoms with Gasteiger partial charge in [-0.3, -0.25) is 0 Å². The maximum Gasteiger partial charge on any atom is 0.420 e. The SMILES string of the molecule is CCC(CC)S(=O)(=O)NC(=O)OCCC[C@H]1CC[C@H]2[C@@H]3[C@H](O)[C@H](CC)[C@@H]4C[C@H](O)CC[C@]4(C)[C@H]3CC[C@]12C. The average molecular weight is 556 g/mol. The van der Waals surface area contributed by atoms with Crippen LogP contribution in [0.5, 0.6) is 0 Å². The number of carbonyl (C=O) groups excluding carboxylic acids is 1. The zero-order chi connectivity index (χ0) is 27.9. The summed E-state index contributed by atoms with van der Waals surface area (Å²) in [6.45, 7) is 10.9. The number of aliphatic hydroxyl groups is 2. The predicted molar refractivity (Wildman–Crippen MR) is 149 cm³/mol. The van der Waals surface area contributed by atoms with Gasteiger partial charge in [-0.05, 0) is 117 Å². The van der Waals surface area contributed by atoms with Gasteiger partial charge >= 0.3 is 6.09 Å². The highest BCUT2D eigenvalue weighted by atomic mass is 32.2. The van der Waals surface area contributed by atoms with Gasteiger partial charge in [0.25, 0.3) is 0 Å². The summed E-state index contributed by atoms with van der Waals surface area (Å²) >= 11 is 0.